The summed E-state index contributed by atoms with van der Waals surface area (Å²) in [5.74, 6) is 0.706. The zero-order valence-corrected chi connectivity index (χ0v) is 8.81. The third-order valence-corrected chi connectivity index (χ3v) is 2.98. The van der Waals surface area contributed by atoms with Gasteiger partial charge in [-0.3, -0.25) is 4.79 Å². The van der Waals surface area contributed by atoms with Crippen LogP contribution < -0.4 is 5.32 Å². The molecule has 1 amide bonds. The van der Waals surface area contributed by atoms with Crippen LogP contribution in [-0.2, 0) is 11.2 Å². The van der Waals surface area contributed by atoms with Gasteiger partial charge in [0.05, 0.1) is 5.69 Å². The molecule has 15 heavy (non-hydrogen) atoms. The molecule has 1 aromatic rings. The number of carbonyl (C=O) groups excluding carboxylic acids is 1. The summed E-state index contributed by atoms with van der Waals surface area (Å²) in [5.41, 5.74) is 0.970. The normalized spacial score (nSPS) is 25.3. The predicted molar refractivity (Wildman–Crippen MR) is 56.0 cm³/mol. The maximum Gasteiger partial charge on any atom is 0.223 e. The molecule has 1 saturated heterocycles. The van der Waals surface area contributed by atoms with E-state index in [1.165, 1.54) is 0 Å². The van der Waals surface area contributed by atoms with Crippen LogP contribution in [-0.4, -0.2) is 22.6 Å². The molecule has 0 spiro atoms. The first-order valence-electron chi connectivity index (χ1n) is 5.35. The smallest absolute Gasteiger partial charge is 0.223 e. The fraction of sp³-hybridized carbons (Fsp3) is 0.545. The van der Waals surface area contributed by atoms with Gasteiger partial charge in [0, 0.05) is 18.7 Å². The van der Waals surface area contributed by atoms with E-state index in [9.17, 15) is 4.79 Å². The van der Waals surface area contributed by atoms with Gasteiger partial charge in [-0.25, -0.2) is 0 Å². The van der Waals surface area contributed by atoms with Gasteiger partial charge in [-0.15, -0.1) is 0 Å². The second kappa shape index (κ2) is 4.38. The molecule has 0 radical (unpaired) electrons. The lowest BCUT2D eigenvalue weighted by Crippen LogP contribution is -2.19. The Morgan fingerprint density at radius 1 is 1.60 bits per heavy atom. The van der Waals surface area contributed by atoms with Crippen molar-refractivity contribution in [3.63, 3.8) is 0 Å². The van der Waals surface area contributed by atoms with Crippen molar-refractivity contribution < 1.29 is 4.79 Å². The maximum absolute atomic E-state index is 11.5. The van der Waals surface area contributed by atoms with Crippen molar-refractivity contribution in [1.82, 2.24) is 15.5 Å². The molecule has 1 aliphatic rings. The lowest BCUT2D eigenvalue weighted by Gasteiger charge is -2.13. The molecule has 1 aliphatic heterocycles. The quantitative estimate of drug-likeness (QED) is 0.793. The van der Waals surface area contributed by atoms with Crippen LogP contribution >= 0.6 is 0 Å². The minimum Gasteiger partial charge on any atom is -0.356 e. The van der Waals surface area contributed by atoms with Crippen molar-refractivity contribution in [2.45, 2.75) is 19.8 Å². The highest BCUT2D eigenvalue weighted by atomic mass is 16.2. The average Bonchev–Trinajstić information content (AvgIpc) is 2.61. The average molecular weight is 205 g/mol. The number of nitrogens with zero attached hydrogens (tertiary/aromatic N) is 2. The van der Waals surface area contributed by atoms with Gasteiger partial charge in [0.2, 0.25) is 5.91 Å². The van der Waals surface area contributed by atoms with Crippen molar-refractivity contribution in [2.75, 3.05) is 6.54 Å². The second-order valence-corrected chi connectivity index (χ2v) is 3.94. The van der Waals surface area contributed by atoms with Crippen LogP contribution in [0, 0.1) is 11.8 Å². The van der Waals surface area contributed by atoms with E-state index < -0.39 is 0 Å². The van der Waals surface area contributed by atoms with Gasteiger partial charge in [-0.05, 0) is 30.9 Å². The van der Waals surface area contributed by atoms with E-state index in [4.69, 9.17) is 0 Å². The Kier molecular flexibility index (Phi) is 2.94. The van der Waals surface area contributed by atoms with Crippen molar-refractivity contribution in [1.29, 1.82) is 0 Å². The van der Waals surface area contributed by atoms with Gasteiger partial charge in [0.1, 0.15) is 0 Å². The number of carbonyl (C=O) groups is 1. The molecule has 2 rings (SSSR count). The van der Waals surface area contributed by atoms with E-state index in [0.717, 1.165) is 25.1 Å². The van der Waals surface area contributed by atoms with Gasteiger partial charge in [-0.2, -0.15) is 10.2 Å². The first-order chi connectivity index (χ1) is 7.31. The molecule has 1 N–H and O–H groups in total. The number of amides is 1. The Morgan fingerprint density at radius 2 is 2.47 bits per heavy atom. The number of rotatable bonds is 3. The van der Waals surface area contributed by atoms with E-state index in [-0.39, 0.29) is 11.8 Å². The molecule has 2 atom stereocenters. The zero-order valence-electron chi connectivity index (χ0n) is 8.81. The molecule has 2 unspecified atom stereocenters. The number of hydrogen-bond donors (Lipinski definition) is 1. The van der Waals surface area contributed by atoms with E-state index in [2.05, 4.69) is 22.4 Å². The Balaban J connectivity index is 2.04. The van der Waals surface area contributed by atoms with Gasteiger partial charge in [0.15, 0.2) is 0 Å². The highest BCUT2D eigenvalue weighted by molar-refractivity contribution is 5.81. The highest BCUT2D eigenvalue weighted by Gasteiger charge is 2.33. The second-order valence-electron chi connectivity index (χ2n) is 3.94. The largest absolute Gasteiger partial charge is 0.356 e. The van der Waals surface area contributed by atoms with Crippen LogP contribution in [0.5, 0.6) is 0 Å². The molecule has 4 heteroatoms. The monoisotopic (exact) mass is 205 g/mol. The van der Waals surface area contributed by atoms with Crippen molar-refractivity contribution >= 4 is 5.91 Å². The van der Waals surface area contributed by atoms with E-state index in [0.29, 0.717) is 5.92 Å². The lowest BCUT2D eigenvalue weighted by molar-refractivity contribution is -0.123. The van der Waals surface area contributed by atoms with Gasteiger partial charge in [-0.1, -0.05) is 6.92 Å². The van der Waals surface area contributed by atoms with Crippen LogP contribution in [0.25, 0.3) is 0 Å². The highest BCUT2D eigenvalue weighted by Crippen LogP contribution is 2.24. The molecule has 1 aromatic heterocycles. The van der Waals surface area contributed by atoms with Gasteiger partial charge in [0.25, 0.3) is 0 Å². The number of aromatic nitrogens is 2. The van der Waals surface area contributed by atoms with E-state index in [1.54, 1.807) is 6.20 Å². The third kappa shape index (κ3) is 2.14. The van der Waals surface area contributed by atoms with E-state index >= 15 is 0 Å². The van der Waals surface area contributed by atoms with Crippen LogP contribution in [0.3, 0.4) is 0 Å². The number of hydrogen-bond acceptors (Lipinski definition) is 3. The predicted octanol–water partition coefficient (Wildman–Crippen LogP) is 0.791. The summed E-state index contributed by atoms with van der Waals surface area (Å²) in [7, 11) is 0. The maximum atomic E-state index is 11.5. The fourth-order valence-corrected chi connectivity index (χ4v) is 2.16. The molecule has 1 fully saturated rings. The molecule has 80 valence electrons. The first-order valence-corrected chi connectivity index (χ1v) is 5.35. The molecule has 4 nitrogen and oxygen atoms in total. The third-order valence-electron chi connectivity index (χ3n) is 2.98. The van der Waals surface area contributed by atoms with Crippen LogP contribution in [0.2, 0.25) is 0 Å². The van der Waals surface area contributed by atoms with Crippen LogP contribution in [0.15, 0.2) is 18.3 Å². The van der Waals surface area contributed by atoms with Crippen LogP contribution in [0.1, 0.15) is 19.0 Å². The first kappa shape index (κ1) is 10.1. The SMILES string of the molecule is CCC1C(=O)NCC1Cc1cccnn1. The number of nitrogens with one attached hydrogen (secondary N) is 1. The minimum atomic E-state index is 0.145. The molecule has 2 heterocycles. The standard InChI is InChI=1S/C11H15N3O/c1-2-10-8(7-12-11(10)15)6-9-4-3-5-13-14-9/h3-5,8,10H,2,6-7H2,1H3,(H,12,15). The summed E-state index contributed by atoms with van der Waals surface area (Å²) in [4.78, 5) is 11.5. The molecule has 0 aliphatic carbocycles. The summed E-state index contributed by atoms with van der Waals surface area (Å²) < 4.78 is 0. The summed E-state index contributed by atoms with van der Waals surface area (Å²) in [6, 6.07) is 3.84. The Hall–Kier alpha value is -1.45. The molecule has 0 saturated carbocycles. The summed E-state index contributed by atoms with van der Waals surface area (Å²) >= 11 is 0. The summed E-state index contributed by atoms with van der Waals surface area (Å²) in [6.45, 7) is 2.83. The Bertz CT molecular complexity index is 339. The molecule has 0 bridgehead atoms. The van der Waals surface area contributed by atoms with Gasteiger partial charge < -0.3 is 5.32 Å². The fourth-order valence-electron chi connectivity index (χ4n) is 2.16. The molecule has 0 aromatic carbocycles. The molecular weight excluding hydrogens is 190 g/mol. The Morgan fingerprint density at radius 3 is 3.13 bits per heavy atom. The van der Waals surface area contributed by atoms with Crippen LogP contribution in [0.4, 0.5) is 0 Å². The van der Waals surface area contributed by atoms with Crippen molar-refractivity contribution in [3.8, 4) is 0 Å². The lowest BCUT2D eigenvalue weighted by atomic mass is 9.89. The summed E-state index contributed by atoms with van der Waals surface area (Å²) in [5, 5.41) is 10.8. The van der Waals surface area contributed by atoms with Gasteiger partial charge >= 0.3 is 0 Å². The topological polar surface area (TPSA) is 54.9 Å². The Labute approximate surface area is 89.1 Å². The van der Waals surface area contributed by atoms with Crippen molar-refractivity contribution in [3.05, 3.63) is 24.0 Å². The van der Waals surface area contributed by atoms with E-state index in [1.807, 2.05) is 12.1 Å². The molecular formula is C11H15N3O. The minimum absolute atomic E-state index is 0.145. The van der Waals surface area contributed by atoms with Crippen molar-refractivity contribution in [2.24, 2.45) is 11.8 Å². The summed E-state index contributed by atoms with van der Waals surface area (Å²) in [6.07, 6.45) is 3.40. The zero-order chi connectivity index (χ0) is 10.7.